The Bertz CT molecular complexity index is 648. The van der Waals surface area contributed by atoms with Gasteiger partial charge in [0.1, 0.15) is 6.10 Å². The molecular formula is C18H20ClNO3. The smallest absolute Gasteiger partial charge is 0.340 e. The highest BCUT2D eigenvalue weighted by molar-refractivity contribution is 6.30. The van der Waals surface area contributed by atoms with E-state index in [1.807, 2.05) is 37.3 Å². The molecule has 4 nitrogen and oxygen atoms in total. The summed E-state index contributed by atoms with van der Waals surface area (Å²) >= 11 is 5.89. The lowest BCUT2D eigenvalue weighted by Crippen LogP contribution is -2.33. The molecule has 0 spiro atoms. The summed E-state index contributed by atoms with van der Waals surface area (Å²) in [7, 11) is 1.79. The molecule has 122 valence electrons. The number of carbonyl (C=O) groups excluding carboxylic acids is 1. The fraction of sp³-hybridized carbons (Fsp3) is 0.278. The van der Waals surface area contributed by atoms with Crippen LogP contribution >= 0.6 is 11.6 Å². The molecule has 0 aromatic heterocycles. The Morgan fingerprint density at radius 1 is 1.13 bits per heavy atom. The normalized spacial score (nSPS) is 14.8. The van der Waals surface area contributed by atoms with Gasteiger partial charge in [-0.25, -0.2) is 4.79 Å². The minimum atomic E-state index is -1.37. The van der Waals surface area contributed by atoms with E-state index in [1.165, 1.54) is 0 Å². The Morgan fingerprint density at radius 3 is 2.39 bits per heavy atom. The first-order chi connectivity index (χ1) is 11.0. The molecule has 0 radical (unpaired) electrons. The lowest BCUT2D eigenvalue weighted by Gasteiger charge is -2.25. The van der Waals surface area contributed by atoms with Crippen LogP contribution in [0.15, 0.2) is 54.6 Å². The van der Waals surface area contributed by atoms with Crippen molar-refractivity contribution in [2.75, 3.05) is 7.05 Å². The molecule has 0 saturated heterocycles. The molecule has 0 bridgehead atoms. The molecule has 0 fully saturated rings. The van der Waals surface area contributed by atoms with Crippen LogP contribution in [0, 0.1) is 0 Å². The summed E-state index contributed by atoms with van der Waals surface area (Å²) in [5.41, 5.74) is 1.27. The number of hydrogen-bond donors (Lipinski definition) is 2. The Hall–Kier alpha value is -1.88. The van der Waals surface area contributed by atoms with Crippen LogP contribution < -0.4 is 5.32 Å². The van der Waals surface area contributed by atoms with Gasteiger partial charge in [-0.2, -0.15) is 0 Å². The van der Waals surface area contributed by atoms with E-state index in [9.17, 15) is 9.90 Å². The summed E-state index contributed by atoms with van der Waals surface area (Å²) in [4.78, 5) is 12.3. The van der Waals surface area contributed by atoms with E-state index in [-0.39, 0.29) is 6.04 Å². The number of rotatable bonds is 6. The van der Waals surface area contributed by atoms with E-state index in [2.05, 4.69) is 5.32 Å². The lowest BCUT2D eigenvalue weighted by molar-refractivity contribution is -0.161. The van der Waals surface area contributed by atoms with E-state index < -0.39 is 18.2 Å². The summed E-state index contributed by atoms with van der Waals surface area (Å²) in [6.07, 6.45) is -1.87. The van der Waals surface area contributed by atoms with Gasteiger partial charge in [0.25, 0.3) is 0 Å². The fourth-order valence-electron chi connectivity index (χ4n) is 2.26. The number of aliphatic hydroxyl groups is 1. The number of halogens is 1. The number of hydrogen-bond acceptors (Lipinski definition) is 4. The van der Waals surface area contributed by atoms with Crippen LogP contribution in [-0.2, 0) is 9.53 Å². The number of carbonyl (C=O) groups is 1. The maximum absolute atomic E-state index is 12.3. The first kappa shape index (κ1) is 17.5. The number of esters is 1. The Balaban J connectivity index is 2.17. The molecule has 0 aliphatic carbocycles. The van der Waals surface area contributed by atoms with Crippen LogP contribution in [0.25, 0.3) is 0 Å². The second-order valence-corrected chi connectivity index (χ2v) is 5.74. The molecule has 3 atom stereocenters. The number of ether oxygens (including phenoxy) is 1. The van der Waals surface area contributed by atoms with Crippen LogP contribution in [0.2, 0.25) is 5.02 Å². The quantitative estimate of drug-likeness (QED) is 0.797. The predicted octanol–water partition coefficient (Wildman–Crippen LogP) is 3.27. The minimum absolute atomic E-state index is 0.104. The Kier molecular flexibility index (Phi) is 6.16. The van der Waals surface area contributed by atoms with E-state index >= 15 is 0 Å². The largest absolute Gasteiger partial charge is 0.454 e. The zero-order valence-corrected chi connectivity index (χ0v) is 13.8. The van der Waals surface area contributed by atoms with Gasteiger partial charge in [-0.05, 0) is 37.2 Å². The van der Waals surface area contributed by atoms with E-state index in [4.69, 9.17) is 16.3 Å². The highest BCUT2D eigenvalue weighted by Crippen LogP contribution is 2.25. The topological polar surface area (TPSA) is 58.6 Å². The average Bonchev–Trinajstić information content (AvgIpc) is 2.58. The molecule has 0 amide bonds. The maximum Gasteiger partial charge on any atom is 0.340 e. The van der Waals surface area contributed by atoms with Crippen LogP contribution in [0.4, 0.5) is 0 Å². The fourth-order valence-corrected chi connectivity index (χ4v) is 2.45. The van der Waals surface area contributed by atoms with Crippen molar-refractivity contribution in [2.24, 2.45) is 0 Å². The summed E-state index contributed by atoms with van der Waals surface area (Å²) < 4.78 is 5.55. The summed E-state index contributed by atoms with van der Waals surface area (Å²) in [6, 6.07) is 15.9. The zero-order chi connectivity index (χ0) is 16.8. The van der Waals surface area contributed by atoms with Gasteiger partial charge in [0.2, 0.25) is 0 Å². The lowest BCUT2D eigenvalue weighted by atomic mass is 10.0. The van der Waals surface area contributed by atoms with Gasteiger partial charge in [-0.15, -0.1) is 0 Å². The highest BCUT2D eigenvalue weighted by atomic mass is 35.5. The van der Waals surface area contributed by atoms with Crippen molar-refractivity contribution < 1.29 is 14.6 Å². The monoisotopic (exact) mass is 333 g/mol. The van der Waals surface area contributed by atoms with Crippen LogP contribution in [0.5, 0.6) is 0 Å². The second kappa shape index (κ2) is 8.11. The van der Waals surface area contributed by atoms with Crippen LogP contribution in [0.3, 0.4) is 0 Å². The van der Waals surface area contributed by atoms with Gasteiger partial charge in [0.05, 0.1) is 0 Å². The second-order valence-electron chi connectivity index (χ2n) is 5.30. The number of nitrogens with one attached hydrogen (secondary N) is 1. The van der Waals surface area contributed by atoms with Gasteiger partial charge in [-0.1, -0.05) is 54.1 Å². The molecule has 2 unspecified atom stereocenters. The Morgan fingerprint density at radius 2 is 1.78 bits per heavy atom. The van der Waals surface area contributed by atoms with Gasteiger partial charge in [0.15, 0.2) is 6.10 Å². The van der Waals surface area contributed by atoms with Crippen molar-refractivity contribution in [3.05, 3.63) is 70.7 Å². The number of likely N-dealkylation sites (N-methyl/N-ethyl adjacent to an activating group) is 1. The molecule has 2 aromatic carbocycles. The van der Waals surface area contributed by atoms with Gasteiger partial charge < -0.3 is 15.2 Å². The predicted molar refractivity (Wildman–Crippen MR) is 90.2 cm³/mol. The molecular weight excluding hydrogens is 314 g/mol. The van der Waals surface area contributed by atoms with E-state index in [0.29, 0.717) is 10.6 Å². The molecule has 23 heavy (non-hydrogen) atoms. The van der Waals surface area contributed by atoms with Crippen molar-refractivity contribution in [2.45, 2.75) is 25.2 Å². The van der Waals surface area contributed by atoms with Gasteiger partial charge >= 0.3 is 5.97 Å². The molecule has 0 aliphatic heterocycles. The van der Waals surface area contributed by atoms with Crippen molar-refractivity contribution in [3.8, 4) is 0 Å². The SMILES string of the molecule is CNC(C)C(OC(=O)[C@H](O)c1cccc(Cl)c1)c1ccccc1. The third-order valence-electron chi connectivity index (χ3n) is 3.67. The molecule has 0 saturated carbocycles. The number of benzene rings is 2. The molecule has 2 rings (SSSR count). The van der Waals surface area contributed by atoms with Crippen molar-refractivity contribution >= 4 is 17.6 Å². The van der Waals surface area contributed by atoms with Gasteiger partial charge in [-0.3, -0.25) is 0 Å². The standard InChI is InChI=1S/C18H20ClNO3/c1-12(20-2)17(13-7-4-3-5-8-13)23-18(22)16(21)14-9-6-10-15(19)11-14/h3-12,16-17,20-21H,1-2H3/t12?,16-,17?/m1/s1. The van der Waals surface area contributed by atoms with Crippen LogP contribution in [0.1, 0.15) is 30.3 Å². The van der Waals surface area contributed by atoms with E-state index in [1.54, 1.807) is 31.3 Å². The van der Waals surface area contributed by atoms with Crippen molar-refractivity contribution in [1.29, 1.82) is 0 Å². The first-order valence-corrected chi connectivity index (χ1v) is 7.77. The average molecular weight is 334 g/mol. The molecule has 0 heterocycles. The Labute approximate surface area is 141 Å². The third kappa shape index (κ3) is 4.55. The summed E-state index contributed by atoms with van der Waals surface area (Å²) in [5, 5.41) is 13.7. The van der Waals surface area contributed by atoms with Gasteiger partial charge in [0, 0.05) is 11.1 Å². The van der Waals surface area contributed by atoms with E-state index in [0.717, 1.165) is 5.56 Å². The van der Waals surface area contributed by atoms with Crippen molar-refractivity contribution in [3.63, 3.8) is 0 Å². The molecule has 2 aromatic rings. The number of aliphatic hydroxyl groups excluding tert-OH is 1. The minimum Gasteiger partial charge on any atom is -0.454 e. The summed E-state index contributed by atoms with van der Waals surface area (Å²) in [6.45, 7) is 1.91. The molecule has 2 N–H and O–H groups in total. The van der Waals surface area contributed by atoms with Crippen molar-refractivity contribution in [1.82, 2.24) is 5.32 Å². The molecule has 0 aliphatic rings. The summed E-state index contributed by atoms with van der Waals surface area (Å²) in [5.74, 6) is -0.705. The zero-order valence-electron chi connectivity index (χ0n) is 13.1. The van der Waals surface area contributed by atoms with Crippen LogP contribution in [-0.4, -0.2) is 24.2 Å². The third-order valence-corrected chi connectivity index (χ3v) is 3.90. The maximum atomic E-state index is 12.3. The first-order valence-electron chi connectivity index (χ1n) is 7.39. The highest BCUT2D eigenvalue weighted by Gasteiger charge is 2.27. The molecule has 5 heteroatoms.